The van der Waals surface area contributed by atoms with E-state index in [9.17, 15) is 8.42 Å². The Labute approximate surface area is 187 Å². The minimum absolute atomic E-state index is 0.350. The molecule has 3 aromatic rings. The van der Waals surface area contributed by atoms with Gasteiger partial charge in [-0.05, 0) is 59.4 Å². The number of benzene rings is 2. The molecule has 0 amide bonds. The molecule has 11 heteroatoms. The van der Waals surface area contributed by atoms with Gasteiger partial charge >= 0.3 is 10.2 Å². The largest absolute Gasteiger partial charge is 0.493 e. The summed E-state index contributed by atoms with van der Waals surface area (Å²) in [5, 5.41) is 14.3. The van der Waals surface area contributed by atoms with Crippen molar-refractivity contribution >= 4 is 15.9 Å². The molecule has 1 aromatic heterocycles. The quantitative estimate of drug-likeness (QED) is 0.558. The van der Waals surface area contributed by atoms with Crippen molar-refractivity contribution in [1.29, 1.82) is 0 Å². The Morgan fingerprint density at radius 3 is 2.44 bits per heavy atom. The summed E-state index contributed by atoms with van der Waals surface area (Å²) in [7, 11) is -0.514. The van der Waals surface area contributed by atoms with Crippen LogP contribution in [0.4, 0.5) is 5.69 Å². The van der Waals surface area contributed by atoms with E-state index in [2.05, 4.69) is 32.3 Å². The van der Waals surface area contributed by atoms with Crippen LogP contribution in [0, 0.1) is 5.92 Å². The molecule has 1 saturated heterocycles. The second kappa shape index (κ2) is 9.13. The predicted octanol–water partition coefficient (Wildman–Crippen LogP) is 2.94. The number of ether oxygens (including phenoxy) is 2. The Bertz CT molecular complexity index is 1180. The van der Waals surface area contributed by atoms with Gasteiger partial charge in [-0.1, -0.05) is 19.1 Å². The number of piperidine rings is 1. The number of H-pyrrole nitrogens is 1. The minimum atomic E-state index is -3.66. The molecule has 1 aliphatic heterocycles. The minimum Gasteiger partial charge on any atom is -0.493 e. The van der Waals surface area contributed by atoms with Crippen molar-refractivity contribution in [2.24, 2.45) is 5.92 Å². The Kier molecular flexibility index (Phi) is 6.28. The van der Waals surface area contributed by atoms with Crippen LogP contribution in [-0.2, 0) is 10.2 Å². The van der Waals surface area contributed by atoms with Gasteiger partial charge in [-0.2, -0.15) is 17.9 Å². The molecular formula is C21H26N6O4S. The molecule has 0 saturated carbocycles. The Hall–Kier alpha value is -3.18. The standard InChI is InChI=1S/C21H26N6O4S/c1-14-8-10-27(11-9-14)32(28,29)24-16-5-6-17(18(13-16)21-22-25-26-23-21)15-4-7-19(30-2)20(12-15)31-3/h4-7,12-14,24H,8-11H2,1-3H3,(H,22,23,25,26). The van der Waals surface area contributed by atoms with E-state index in [-0.39, 0.29) is 0 Å². The maximum Gasteiger partial charge on any atom is 0.301 e. The van der Waals surface area contributed by atoms with Crippen molar-refractivity contribution < 1.29 is 17.9 Å². The van der Waals surface area contributed by atoms with Gasteiger partial charge in [0.25, 0.3) is 0 Å². The third kappa shape index (κ3) is 4.53. The molecule has 10 nitrogen and oxygen atoms in total. The number of nitrogens with zero attached hydrogens (tertiary/aromatic N) is 4. The highest BCUT2D eigenvalue weighted by atomic mass is 32.2. The lowest BCUT2D eigenvalue weighted by molar-refractivity contribution is 0.289. The molecule has 1 aliphatic rings. The number of methoxy groups -OCH3 is 2. The predicted molar refractivity (Wildman–Crippen MR) is 121 cm³/mol. The SMILES string of the molecule is COc1ccc(-c2ccc(NS(=O)(=O)N3CCC(C)CC3)cc2-c2nn[nH]n2)cc1OC. The molecule has 2 aromatic carbocycles. The third-order valence-corrected chi connectivity index (χ3v) is 7.17. The summed E-state index contributed by atoms with van der Waals surface area (Å²) in [5.41, 5.74) is 2.68. The fourth-order valence-corrected chi connectivity index (χ4v) is 5.01. The lowest BCUT2D eigenvalue weighted by atomic mass is 9.98. The number of rotatable bonds is 7. The first kappa shape index (κ1) is 22.0. The fraction of sp³-hybridized carbons (Fsp3) is 0.381. The van der Waals surface area contributed by atoms with Crippen molar-refractivity contribution in [3.05, 3.63) is 36.4 Å². The second-order valence-corrected chi connectivity index (χ2v) is 9.42. The maximum absolute atomic E-state index is 12.9. The lowest BCUT2D eigenvalue weighted by Gasteiger charge is -2.29. The van der Waals surface area contributed by atoms with Gasteiger partial charge in [0.05, 0.1) is 19.9 Å². The van der Waals surface area contributed by atoms with E-state index < -0.39 is 10.2 Å². The van der Waals surface area contributed by atoms with Crippen molar-refractivity contribution in [1.82, 2.24) is 24.9 Å². The molecular weight excluding hydrogens is 432 g/mol. The molecule has 32 heavy (non-hydrogen) atoms. The summed E-state index contributed by atoms with van der Waals surface area (Å²) < 4.78 is 40.7. The molecule has 0 aliphatic carbocycles. The molecule has 0 bridgehead atoms. The summed E-state index contributed by atoms with van der Waals surface area (Å²) in [6.07, 6.45) is 1.71. The highest BCUT2D eigenvalue weighted by Crippen LogP contribution is 2.37. The smallest absolute Gasteiger partial charge is 0.301 e. The van der Waals surface area contributed by atoms with Gasteiger partial charge in [0, 0.05) is 18.7 Å². The van der Waals surface area contributed by atoms with Gasteiger partial charge in [0.2, 0.25) is 5.82 Å². The molecule has 2 N–H and O–H groups in total. The first-order valence-electron chi connectivity index (χ1n) is 10.3. The van der Waals surface area contributed by atoms with Gasteiger partial charge in [-0.15, -0.1) is 10.2 Å². The molecule has 4 rings (SSSR count). The van der Waals surface area contributed by atoms with Gasteiger partial charge in [0.15, 0.2) is 11.5 Å². The summed E-state index contributed by atoms with van der Waals surface area (Å²) in [4.78, 5) is 0. The summed E-state index contributed by atoms with van der Waals surface area (Å²) in [5.74, 6) is 2.07. The summed E-state index contributed by atoms with van der Waals surface area (Å²) >= 11 is 0. The van der Waals surface area contributed by atoms with Crippen molar-refractivity contribution in [2.45, 2.75) is 19.8 Å². The number of hydrogen-bond acceptors (Lipinski definition) is 7. The van der Waals surface area contributed by atoms with Crippen molar-refractivity contribution in [3.63, 3.8) is 0 Å². The highest BCUT2D eigenvalue weighted by Gasteiger charge is 2.27. The Morgan fingerprint density at radius 2 is 1.78 bits per heavy atom. The Morgan fingerprint density at radius 1 is 1.03 bits per heavy atom. The van der Waals surface area contributed by atoms with Crippen molar-refractivity contribution in [2.75, 3.05) is 32.0 Å². The topological polar surface area (TPSA) is 122 Å². The highest BCUT2D eigenvalue weighted by molar-refractivity contribution is 7.90. The van der Waals surface area contributed by atoms with E-state index in [1.165, 1.54) is 4.31 Å². The summed E-state index contributed by atoms with van der Waals surface area (Å²) in [6, 6.07) is 10.8. The zero-order valence-electron chi connectivity index (χ0n) is 18.2. The number of aromatic nitrogens is 4. The van der Waals surface area contributed by atoms with Crippen LogP contribution in [0.2, 0.25) is 0 Å². The number of hydrogen-bond donors (Lipinski definition) is 2. The van der Waals surface area contributed by atoms with Crippen LogP contribution >= 0.6 is 0 Å². The van der Waals surface area contributed by atoms with Crippen LogP contribution in [0.5, 0.6) is 11.5 Å². The average Bonchev–Trinajstić information content (AvgIpc) is 3.33. The first-order chi connectivity index (χ1) is 15.4. The normalized spacial score (nSPS) is 15.5. The number of tetrazole rings is 1. The average molecular weight is 459 g/mol. The van der Waals surface area contributed by atoms with Crippen LogP contribution in [0.1, 0.15) is 19.8 Å². The number of anilines is 1. The van der Waals surface area contributed by atoms with Crippen LogP contribution in [-0.4, -0.2) is 60.7 Å². The first-order valence-corrected chi connectivity index (χ1v) is 11.7. The summed E-state index contributed by atoms with van der Waals surface area (Å²) in [6.45, 7) is 3.16. The monoisotopic (exact) mass is 458 g/mol. The molecule has 170 valence electrons. The van der Waals surface area contributed by atoms with Gasteiger partial charge in [-0.25, -0.2) is 0 Å². The zero-order chi connectivity index (χ0) is 22.7. The maximum atomic E-state index is 12.9. The second-order valence-electron chi connectivity index (χ2n) is 7.75. The molecule has 1 fully saturated rings. The van der Waals surface area contributed by atoms with Crippen molar-refractivity contribution in [3.8, 4) is 34.0 Å². The van der Waals surface area contributed by atoms with E-state index in [0.29, 0.717) is 47.6 Å². The molecule has 2 heterocycles. The van der Waals surface area contributed by atoms with E-state index >= 15 is 0 Å². The van der Waals surface area contributed by atoms with E-state index in [0.717, 1.165) is 24.0 Å². The van der Waals surface area contributed by atoms with Crippen LogP contribution in [0.15, 0.2) is 36.4 Å². The van der Waals surface area contributed by atoms with E-state index in [1.807, 2.05) is 24.3 Å². The molecule has 0 atom stereocenters. The fourth-order valence-electron chi connectivity index (χ4n) is 3.76. The molecule has 0 spiro atoms. The van der Waals surface area contributed by atoms with Gasteiger partial charge in [-0.3, -0.25) is 4.72 Å². The van der Waals surface area contributed by atoms with Gasteiger partial charge < -0.3 is 9.47 Å². The third-order valence-electron chi connectivity index (χ3n) is 5.63. The van der Waals surface area contributed by atoms with Crippen LogP contribution in [0.3, 0.4) is 0 Å². The lowest BCUT2D eigenvalue weighted by Crippen LogP contribution is -2.41. The number of aromatic amines is 1. The molecule has 0 unspecified atom stereocenters. The Balaban J connectivity index is 1.70. The number of nitrogens with one attached hydrogen (secondary N) is 2. The van der Waals surface area contributed by atoms with E-state index in [1.54, 1.807) is 26.4 Å². The van der Waals surface area contributed by atoms with Gasteiger partial charge in [0.1, 0.15) is 0 Å². The zero-order valence-corrected chi connectivity index (χ0v) is 19.0. The van der Waals surface area contributed by atoms with Crippen LogP contribution < -0.4 is 14.2 Å². The van der Waals surface area contributed by atoms with Crippen LogP contribution in [0.25, 0.3) is 22.5 Å². The molecule has 0 radical (unpaired) electrons. The van der Waals surface area contributed by atoms with E-state index in [4.69, 9.17) is 9.47 Å².